The lowest BCUT2D eigenvalue weighted by atomic mass is 10.0. The molecule has 0 spiro atoms. The Morgan fingerprint density at radius 3 is 2.21 bits per heavy atom. The summed E-state index contributed by atoms with van der Waals surface area (Å²) in [5.41, 5.74) is 1.14. The van der Waals surface area contributed by atoms with Crippen LogP contribution in [0, 0.1) is 6.92 Å². The second kappa shape index (κ2) is 10.9. The molecule has 174 valence electrons. The lowest BCUT2D eigenvalue weighted by molar-refractivity contribution is -0.113. The molecule has 0 aliphatic rings. The number of carboxylic acid groups (broad SMARTS) is 2. The fraction of sp³-hybridized carbons (Fsp3) is 0.0833. The van der Waals surface area contributed by atoms with E-state index >= 15 is 0 Å². The lowest BCUT2D eigenvalue weighted by Crippen LogP contribution is -2.17. The number of aryl methyl sites for hydroxylation is 1. The molecule has 0 bridgehead atoms. The highest BCUT2D eigenvalue weighted by Gasteiger charge is 2.19. The van der Waals surface area contributed by atoms with Crippen molar-refractivity contribution >= 4 is 58.5 Å². The van der Waals surface area contributed by atoms with E-state index in [0.29, 0.717) is 16.4 Å². The van der Waals surface area contributed by atoms with E-state index in [1.807, 2.05) is 13.0 Å². The van der Waals surface area contributed by atoms with Gasteiger partial charge in [0.15, 0.2) is 0 Å². The van der Waals surface area contributed by atoms with Gasteiger partial charge in [0.25, 0.3) is 5.91 Å². The number of anilines is 2. The quantitative estimate of drug-likeness (QED) is 0.320. The zero-order valence-electron chi connectivity index (χ0n) is 17.8. The van der Waals surface area contributed by atoms with Gasteiger partial charge in [-0.1, -0.05) is 17.7 Å². The molecule has 0 aliphatic heterocycles. The molecule has 3 aromatic rings. The first kappa shape index (κ1) is 24.8. The number of halogens is 1. The van der Waals surface area contributed by atoms with Crippen LogP contribution in [0.25, 0.3) is 0 Å². The molecule has 0 saturated carbocycles. The van der Waals surface area contributed by atoms with Gasteiger partial charge in [-0.2, -0.15) is 0 Å². The molecular formula is C24H19ClN2O6S. The second-order valence-corrected chi connectivity index (χ2v) is 8.63. The SMILES string of the molecule is Cc1ccc(Cl)cc1NC(=O)CSc1ccc(NC(=O)c2ccc(C(=O)O)cc2C(=O)O)cc1. The van der Waals surface area contributed by atoms with Crippen LogP contribution in [0.4, 0.5) is 11.4 Å². The zero-order chi connectivity index (χ0) is 24.8. The minimum atomic E-state index is -1.41. The van der Waals surface area contributed by atoms with Crippen molar-refractivity contribution in [1.82, 2.24) is 0 Å². The van der Waals surface area contributed by atoms with E-state index in [0.717, 1.165) is 22.6 Å². The van der Waals surface area contributed by atoms with Crippen molar-refractivity contribution in [3.8, 4) is 0 Å². The number of rotatable bonds is 8. The first-order valence-electron chi connectivity index (χ1n) is 9.85. The average molecular weight is 499 g/mol. The molecule has 3 aromatic carbocycles. The Balaban J connectivity index is 1.61. The van der Waals surface area contributed by atoms with E-state index in [9.17, 15) is 24.3 Å². The molecule has 0 heterocycles. The highest BCUT2D eigenvalue weighted by Crippen LogP contribution is 2.23. The summed E-state index contributed by atoms with van der Waals surface area (Å²) in [7, 11) is 0. The molecule has 0 unspecified atom stereocenters. The van der Waals surface area contributed by atoms with E-state index in [4.69, 9.17) is 16.7 Å². The van der Waals surface area contributed by atoms with Gasteiger partial charge in [0.2, 0.25) is 5.91 Å². The fourth-order valence-corrected chi connectivity index (χ4v) is 3.82. The minimum absolute atomic E-state index is 0.162. The van der Waals surface area contributed by atoms with Crippen molar-refractivity contribution in [1.29, 1.82) is 0 Å². The van der Waals surface area contributed by atoms with Crippen molar-refractivity contribution in [2.75, 3.05) is 16.4 Å². The van der Waals surface area contributed by atoms with E-state index in [2.05, 4.69) is 10.6 Å². The van der Waals surface area contributed by atoms with Crippen LogP contribution in [0.3, 0.4) is 0 Å². The van der Waals surface area contributed by atoms with Crippen molar-refractivity contribution in [2.24, 2.45) is 0 Å². The Bertz CT molecular complexity index is 1280. The summed E-state index contributed by atoms with van der Waals surface area (Å²) in [4.78, 5) is 48.1. The first-order valence-corrected chi connectivity index (χ1v) is 11.2. The van der Waals surface area contributed by atoms with Crippen LogP contribution in [0.1, 0.15) is 36.6 Å². The van der Waals surface area contributed by atoms with Crippen LogP contribution in [0.5, 0.6) is 0 Å². The maximum atomic E-state index is 12.6. The van der Waals surface area contributed by atoms with Gasteiger partial charge in [-0.15, -0.1) is 11.8 Å². The van der Waals surface area contributed by atoms with E-state index < -0.39 is 23.4 Å². The number of benzene rings is 3. The molecule has 2 amide bonds. The van der Waals surface area contributed by atoms with Crippen LogP contribution >= 0.6 is 23.4 Å². The van der Waals surface area contributed by atoms with Gasteiger partial charge in [0.1, 0.15) is 0 Å². The molecule has 0 radical (unpaired) electrons. The molecule has 10 heteroatoms. The molecule has 3 rings (SSSR count). The molecular weight excluding hydrogens is 480 g/mol. The summed E-state index contributed by atoms with van der Waals surface area (Å²) in [5.74, 6) is -3.43. The summed E-state index contributed by atoms with van der Waals surface area (Å²) in [6.07, 6.45) is 0. The van der Waals surface area contributed by atoms with Crippen LogP contribution in [0.2, 0.25) is 5.02 Å². The lowest BCUT2D eigenvalue weighted by Gasteiger charge is -2.10. The number of aromatic carboxylic acids is 2. The van der Waals surface area contributed by atoms with Gasteiger partial charge in [-0.05, 0) is 67.1 Å². The topological polar surface area (TPSA) is 133 Å². The van der Waals surface area contributed by atoms with Crippen LogP contribution < -0.4 is 10.6 Å². The van der Waals surface area contributed by atoms with E-state index in [1.54, 1.807) is 36.4 Å². The van der Waals surface area contributed by atoms with Gasteiger partial charge >= 0.3 is 11.9 Å². The highest BCUT2D eigenvalue weighted by atomic mass is 35.5. The summed E-state index contributed by atoms with van der Waals surface area (Å²) in [6, 6.07) is 15.2. The van der Waals surface area contributed by atoms with E-state index in [-0.39, 0.29) is 22.8 Å². The Morgan fingerprint density at radius 1 is 0.853 bits per heavy atom. The number of hydrogen-bond acceptors (Lipinski definition) is 5. The average Bonchev–Trinajstić information content (AvgIpc) is 2.80. The number of nitrogens with one attached hydrogen (secondary N) is 2. The number of carbonyl (C=O) groups is 4. The molecule has 0 fully saturated rings. The summed E-state index contributed by atoms with van der Waals surface area (Å²) >= 11 is 7.27. The third kappa shape index (κ3) is 6.37. The highest BCUT2D eigenvalue weighted by molar-refractivity contribution is 8.00. The van der Waals surface area contributed by atoms with Crippen molar-refractivity contribution in [2.45, 2.75) is 11.8 Å². The number of hydrogen-bond donors (Lipinski definition) is 4. The van der Waals surface area contributed by atoms with Crippen LogP contribution in [-0.4, -0.2) is 39.7 Å². The second-order valence-electron chi connectivity index (χ2n) is 7.15. The minimum Gasteiger partial charge on any atom is -0.478 e. The van der Waals surface area contributed by atoms with Gasteiger partial charge in [0.05, 0.1) is 22.4 Å². The summed E-state index contributed by atoms with van der Waals surface area (Å²) in [5, 5.41) is 24.3. The summed E-state index contributed by atoms with van der Waals surface area (Å²) in [6.45, 7) is 1.87. The van der Waals surface area contributed by atoms with Gasteiger partial charge in [-0.25, -0.2) is 9.59 Å². The Hall–Kier alpha value is -3.82. The maximum absolute atomic E-state index is 12.6. The zero-order valence-corrected chi connectivity index (χ0v) is 19.4. The molecule has 4 N–H and O–H groups in total. The Kier molecular flexibility index (Phi) is 7.93. The van der Waals surface area contributed by atoms with Crippen molar-refractivity contribution in [3.63, 3.8) is 0 Å². The standard InChI is InChI=1S/C24H19ClN2O6S/c1-13-2-4-15(25)11-20(13)27-21(28)12-34-17-7-5-16(6-8-17)26-22(29)18-9-3-14(23(30)31)10-19(18)24(32)33/h2-11H,12H2,1H3,(H,26,29)(H,27,28)(H,30,31)(H,32,33). The number of thioether (sulfide) groups is 1. The van der Waals surface area contributed by atoms with Crippen LogP contribution in [-0.2, 0) is 4.79 Å². The fourth-order valence-electron chi connectivity index (χ4n) is 2.95. The molecule has 34 heavy (non-hydrogen) atoms. The monoisotopic (exact) mass is 498 g/mol. The molecule has 0 aromatic heterocycles. The largest absolute Gasteiger partial charge is 0.478 e. The number of carbonyl (C=O) groups excluding carboxylic acids is 2. The smallest absolute Gasteiger partial charge is 0.336 e. The number of carboxylic acids is 2. The van der Waals surface area contributed by atoms with Gasteiger partial charge < -0.3 is 20.8 Å². The predicted octanol–water partition coefficient (Wildman–Crippen LogP) is 5.03. The maximum Gasteiger partial charge on any atom is 0.336 e. The molecule has 8 nitrogen and oxygen atoms in total. The number of amides is 2. The third-order valence-electron chi connectivity index (χ3n) is 4.70. The van der Waals surface area contributed by atoms with Crippen LogP contribution in [0.15, 0.2) is 65.6 Å². The summed E-state index contributed by atoms with van der Waals surface area (Å²) < 4.78 is 0. The molecule has 0 saturated heterocycles. The Morgan fingerprint density at radius 2 is 1.56 bits per heavy atom. The van der Waals surface area contributed by atoms with Gasteiger partial charge in [-0.3, -0.25) is 9.59 Å². The van der Waals surface area contributed by atoms with Crippen molar-refractivity contribution in [3.05, 3.63) is 87.9 Å². The Labute approximate surface area is 203 Å². The first-order chi connectivity index (χ1) is 16.1. The van der Waals surface area contributed by atoms with Crippen molar-refractivity contribution < 1.29 is 29.4 Å². The predicted molar refractivity (Wildman–Crippen MR) is 130 cm³/mol. The van der Waals surface area contributed by atoms with E-state index in [1.165, 1.54) is 17.8 Å². The third-order valence-corrected chi connectivity index (χ3v) is 5.94. The molecule has 0 atom stereocenters. The normalized spacial score (nSPS) is 10.4. The van der Waals surface area contributed by atoms with Gasteiger partial charge in [0, 0.05) is 21.3 Å². The molecule has 0 aliphatic carbocycles.